The molecular formula is C14H21N3O3S. The molecule has 0 aliphatic carbocycles. The minimum absolute atomic E-state index is 0.0251. The molecule has 0 unspecified atom stereocenters. The number of rotatable bonds is 4. The Hall–Kier alpha value is -1.76. The maximum atomic E-state index is 11.9. The summed E-state index contributed by atoms with van der Waals surface area (Å²) in [4.78, 5) is 15.9. The van der Waals surface area contributed by atoms with Gasteiger partial charge in [0.2, 0.25) is 0 Å². The van der Waals surface area contributed by atoms with Crippen LogP contribution in [0.25, 0.3) is 0 Å². The summed E-state index contributed by atoms with van der Waals surface area (Å²) < 4.78 is 22.0. The van der Waals surface area contributed by atoms with Crippen molar-refractivity contribution in [1.82, 2.24) is 10.2 Å². The van der Waals surface area contributed by atoms with Crippen molar-refractivity contribution < 1.29 is 13.2 Å². The number of urea groups is 1. The predicted molar refractivity (Wildman–Crippen MR) is 83.3 cm³/mol. The van der Waals surface area contributed by atoms with E-state index in [4.69, 9.17) is 0 Å². The van der Waals surface area contributed by atoms with Crippen molar-refractivity contribution in [2.24, 2.45) is 0 Å². The van der Waals surface area contributed by atoms with Gasteiger partial charge in [0.15, 0.2) is 0 Å². The second-order valence-electron chi connectivity index (χ2n) is 5.17. The molecule has 1 aliphatic heterocycles. The van der Waals surface area contributed by atoms with Gasteiger partial charge in [-0.3, -0.25) is 0 Å². The number of carbonyl (C=O) groups excluding carboxylic acids is 1. The van der Waals surface area contributed by atoms with Gasteiger partial charge in [0, 0.05) is 44.7 Å². The largest absolute Gasteiger partial charge is 0.368 e. The van der Waals surface area contributed by atoms with E-state index in [1.165, 1.54) is 0 Å². The molecule has 1 N–H and O–H groups in total. The Balaban J connectivity index is 1.77. The van der Waals surface area contributed by atoms with Gasteiger partial charge >= 0.3 is 6.03 Å². The Morgan fingerprint density at radius 1 is 1.14 bits per heavy atom. The first kappa shape index (κ1) is 15.6. The van der Waals surface area contributed by atoms with Gasteiger partial charge in [-0.25, -0.2) is 13.2 Å². The number of nitrogens with zero attached hydrogens (tertiary/aromatic N) is 2. The molecule has 2 amide bonds. The summed E-state index contributed by atoms with van der Waals surface area (Å²) >= 11 is 0. The molecule has 1 heterocycles. The average molecular weight is 311 g/mol. The van der Waals surface area contributed by atoms with Crippen LogP contribution in [0.2, 0.25) is 0 Å². The number of hydrogen-bond acceptors (Lipinski definition) is 4. The zero-order chi connectivity index (χ0) is 15.3. The fourth-order valence-electron chi connectivity index (χ4n) is 2.26. The molecule has 6 nitrogen and oxygen atoms in total. The maximum Gasteiger partial charge on any atom is 0.317 e. The highest BCUT2D eigenvalue weighted by Crippen LogP contribution is 2.15. The lowest BCUT2D eigenvalue weighted by Crippen LogP contribution is -2.52. The molecular weight excluding hydrogens is 290 g/mol. The second kappa shape index (κ2) is 6.80. The molecule has 0 atom stereocenters. The Kier molecular flexibility index (Phi) is 5.06. The molecule has 2 rings (SSSR count). The van der Waals surface area contributed by atoms with Crippen LogP contribution in [0.4, 0.5) is 10.5 Å². The number of benzene rings is 1. The van der Waals surface area contributed by atoms with E-state index in [2.05, 4.69) is 22.3 Å². The molecule has 1 aliphatic rings. The van der Waals surface area contributed by atoms with Gasteiger partial charge in [-0.1, -0.05) is 18.2 Å². The van der Waals surface area contributed by atoms with Gasteiger partial charge in [-0.2, -0.15) is 0 Å². The van der Waals surface area contributed by atoms with Crippen LogP contribution >= 0.6 is 0 Å². The highest BCUT2D eigenvalue weighted by atomic mass is 32.2. The van der Waals surface area contributed by atoms with E-state index in [0.717, 1.165) is 25.0 Å². The first-order valence-electron chi connectivity index (χ1n) is 6.96. The van der Waals surface area contributed by atoms with E-state index in [1.54, 1.807) is 4.90 Å². The summed E-state index contributed by atoms with van der Waals surface area (Å²) in [6, 6.07) is 9.91. The molecule has 1 fully saturated rings. The van der Waals surface area contributed by atoms with Gasteiger partial charge < -0.3 is 15.1 Å². The summed E-state index contributed by atoms with van der Waals surface area (Å²) in [7, 11) is -3.04. The van der Waals surface area contributed by atoms with Crippen molar-refractivity contribution in [2.75, 3.05) is 49.6 Å². The summed E-state index contributed by atoms with van der Waals surface area (Å²) in [6.45, 7) is 3.00. The topological polar surface area (TPSA) is 69.7 Å². The standard InChI is InChI=1S/C14H21N3O3S/c1-21(19,20)12-7-15-14(18)17-10-8-16(9-11-17)13-5-3-2-4-6-13/h2-6H,7-12H2,1H3,(H,15,18). The van der Waals surface area contributed by atoms with Crippen molar-refractivity contribution in [1.29, 1.82) is 0 Å². The number of amides is 2. The number of hydrogen-bond donors (Lipinski definition) is 1. The molecule has 7 heteroatoms. The zero-order valence-corrected chi connectivity index (χ0v) is 13.0. The first-order valence-corrected chi connectivity index (χ1v) is 9.02. The fourth-order valence-corrected chi connectivity index (χ4v) is 2.73. The predicted octanol–water partition coefficient (Wildman–Crippen LogP) is 0.563. The maximum absolute atomic E-state index is 11.9. The fraction of sp³-hybridized carbons (Fsp3) is 0.500. The SMILES string of the molecule is CS(=O)(=O)CCNC(=O)N1CCN(c2ccccc2)CC1. The lowest BCUT2D eigenvalue weighted by atomic mass is 10.2. The van der Waals surface area contributed by atoms with E-state index in [9.17, 15) is 13.2 Å². The van der Waals surface area contributed by atoms with E-state index < -0.39 is 9.84 Å². The number of nitrogens with one attached hydrogen (secondary N) is 1. The van der Waals surface area contributed by atoms with E-state index in [1.807, 2.05) is 18.2 Å². The van der Waals surface area contributed by atoms with E-state index >= 15 is 0 Å². The highest BCUT2D eigenvalue weighted by molar-refractivity contribution is 7.90. The Morgan fingerprint density at radius 2 is 1.76 bits per heavy atom. The van der Waals surface area contributed by atoms with Crippen molar-refractivity contribution in [3.63, 3.8) is 0 Å². The molecule has 0 bridgehead atoms. The number of piperazine rings is 1. The third-order valence-electron chi connectivity index (χ3n) is 3.44. The summed E-state index contributed by atoms with van der Waals surface area (Å²) in [5, 5.41) is 2.65. The normalized spacial score (nSPS) is 15.9. The number of anilines is 1. The molecule has 1 aromatic rings. The quantitative estimate of drug-likeness (QED) is 0.882. The third kappa shape index (κ3) is 4.93. The van der Waals surface area contributed by atoms with Crippen LogP contribution in [-0.2, 0) is 9.84 Å². The first-order chi connectivity index (χ1) is 9.96. The van der Waals surface area contributed by atoms with Crippen LogP contribution in [0, 0.1) is 0 Å². The molecule has 116 valence electrons. The monoisotopic (exact) mass is 311 g/mol. The van der Waals surface area contributed by atoms with Crippen LogP contribution < -0.4 is 10.2 Å². The van der Waals surface area contributed by atoms with Crippen LogP contribution in [0.1, 0.15) is 0 Å². The van der Waals surface area contributed by atoms with Gasteiger partial charge in [0.05, 0.1) is 5.75 Å². The third-order valence-corrected chi connectivity index (χ3v) is 4.38. The van der Waals surface area contributed by atoms with Crippen LogP contribution in [0.3, 0.4) is 0 Å². The molecule has 0 aromatic heterocycles. The van der Waals surface area contributed by atoms with Crippen LogP contribution in [0.5, 0.6) is 0 Å². The van der Waals surface area contributed by atoms with E-state index in [-0.39, 0.29) is 18.3 Å². The van der Waals surface area contributed by atoms with Gasteiger partial charge in [-0.15, -0.1) is 0 Å². The van der Waals surface area contributed by atoms with Gasteiger partial charge in [-0.05, 0) is 12.1 Å². The lowest BCUT2D eigenvalue weighted by Gasteiger charge is -2.36. The molecule has 1 saturated heterocycles. The smallest absolute Gasteiger partial charge is 0.317 e. The number of carbonyl (C=O) groups is 1. The molecule has 21 heavy (non-hydrogen) atoms. The summed E-state index contributed by atoms with van der Waals surface area (Å²) in [5.74, 6) is -0.0251. The van der Waals surface area contributed by atoms with Crippen molar-refractivity contribution in [3.05, 3.63) is 30.3 Å². The Bertz CT molecular complexity index is 566. The average Bonchev–Trinajstić information content (AvgIpc) is 2.47. The van der Waals surface area contributed by atoms with Crippen LogP contribution in [0.15, 0.2) is 30.3 Å². The van der Waals surface area contributed by atoms with E-state index in [0.29, 0.717) is 13.1 Å². The Labute approximate surface area is 125 Å². The Morgan fingerprint density at radius 3 is 2.33 bits per heavy atom. The minimum Gasteiger partial charge on any atom is -0.368 e. The summed E-state index contributed by atoms with van der Waals surface area (Å²) in [6.07, 6.45) is 1.16. The molecule has 1 aromatic carbocycles. The molecule has 0 radical (unpaired) electrons. The second-order valence-corrected chi connectivity index (χ2v) is 7.43. The lowest BCUT2D eigenvalue weighted by molar-refractivity contribution is 0.195. The molecule has 0 saturated carbocycles. The zero-order valence-electron chi connectivity index (χ0n) is 12.2. The van der Waals surface area contributed by atoms with Gasteiger partial charge in [0.25, 0.3) is 0 Å². The molecule has 0 spiro atoms. The van der Waals surface area contributed by atoms with Crippen molar-refractivity contribution >= 4 is 21.6 Å². The minimum atomic E-state index is -3.04. The number of sulfone groups is 1. The van der Waals surface area contributed by atoms with Crippen molar-refractivity contribution in [2.45, 2.75) is 0 Å². The number of para-hydroxylation sites is 1. The highest BCUT2D eigenvalue weighted by Gasteiger charge is 2.21. The van der Waals surface area contributed by atoms with Crippen molar-refractivity contribution in [3.8, 4) is 0 Å². The van der Waals surface area contributed by atoms with Gasteiger partial charge in [0.1, 0.15) is 9.84 Å². The summed E-state index contributed by atoms with van der Waals surface area (Å²) in [5.41, 5.74) is 1.16. The van der Waals surface area contributed by atoms with Crippen LogP contribution in [-0.4, -0.2) is 64.1 Å².